The molecule has 2 aromatic carbocycles. The van der Waals surface area contributed by atoms with E-state index < -0.39 is 0 Å². The summed E-state index contributed by atoms with van der Waals surface area (Å²) in [6.45, 7) is 5.98. The first-order chi connectivity index (χ1) is 12.9. The van der Waals surface area contributed by atoms with Crippen LogP contribution in [-0.2, 0) is 11.3 Å². The normalized spacial score (nSPS) is 15.8. The van der Waals surface area contributed by atoms with Crippen LogP contribution in [0.4, 0.5) is 0 Å². The lowest BCUT2D eigenvalue weighted by atomic mass is 10.2. The zero-order valence-corrected chi connectivity index (χ0v) is 14.8. The van der Waals surface area contributed by atoms with Gasteiger partial charge in [-0.2, -0.15) is 0 Å². The summed E-state index contributed by atoms with van der Waals surface area (Å²) in [6, 6.07) is 19.0. The molecule has 0 radical (unpaired) electrons. The van der Waals surface area contributed by atoms with Gasteiger partial charge in [-0.05, 0) is 17.7 Å². The average Bonchev–Trinajstić information content (AvgIpc) is 3.24. The van der Waals surface area contributed by atoms with E-state index in [1.807, 2.05) is 0 Å². The fourth-order valence-electron chi connectivity index (χ4n) is 3.89. The van der Waals surface area contributed by atoms with Gasteiger partial charge >= 0.3 is 0 Å². The fraction of sp³-hybridized carbons (Fsp3) is 0.286. The molecule has 0 aliphatic carbocycles. The number of rotatable bonds is 4. The van der Waals surface area contributed by atoms with Crippen molar-refractivity contribution in [3.8, 4) is 11.3 Å². The number of morpholine rings is 1. The summed E-state index contributed by atoms with van der Waals surface area (Å²) < 4.78 is 10.1. The number of fused-ring (bicyclic) bond motifs is 3. The summed E-state index contributed by atoms with van der Waals surface area (Å²) >= 11 is 0. The molecule has 0 saturated carbocycles. The van der Waals surface area contributed by atoms with Crippen LogP contribution in [0.5, 0.6) is 0 Å². The van der Waals surface area contributed by atoms with Crippen molar-refractivity contribution in [3.05, 3.63) is 60.8 Å². The Labute approximate surface area is 152 Å². The summed E-state index contributed by atoms with van der Waals surface area (Å²) in [5.41, 5.74) is 4.68. The monoisotopic (exact) mass is 347 g/mol. The third-order valence-corrected chi connectivity index (χ3v) is 5.32. The third kappa shape index (κ3) is 2.69. The van der Waals surface area contributed by atoms with Crippen LogP contribution in [0.3, 0.4) is 0 Å². The number of hydrogen-bond donors (Lipinski definition) is 1. The molecule has 5 nitrogen and oxygen atoms in total. The molecule has 4 aromatic rings. The highest BCUT2D eigenvalue weighted by Gasteiger charge is 2.18. The predicted molar refractivity (Wildman–Crippen MR) is 103 cm³/mol. The molecule has 0 bridgehead atoms. The van der Waals surface area contributed by atoms with Crippen molar-refractivity contribution in [3.63, 3.8) is 0 Å². The first kappa shape index (κ1) is 15.6. The first-order valence-electron chi connectivity index (χ1n) is 9.33. The molecule has 0 unspecified atom stereocenters. The second-order valence-corrected chi connectivity index (χ2v) is 6.91. The number of imidazole rings is 2. The largest absolute Gasteiger partial charge is 0.370 e. The van der Waals surface area contributed by atoms with Crippen LogP contribution in [0.25, 0.3) is 28.1 Å². The number of benzene rings is 2. The quantitative estimate of drug-likeness (QED) is 0.612. The van der Waals surface area contributed by atoms with Gasteiger partial charge < -0.3 is 14.2 Å². The van der Waals surface area contributed by atoms with Crippen molar-refractivity contribution in [1.29, 1.82) is 0 Å². The summed E-state index contributed by atoms with van der Waals surface area (Å²) in [4.78, 5) is 6.53. The van der Waals surface area contributed by atoms with E-state index in [0.29, 0.717) is 0 Å². The lowest BCUT2D eigenvalue weighted by Gasteiger charge is -2.24. The Morgan fingerprint density at radius 1 is 0.962 bits per heavy atom. The summed E-state index contributed by atoms with van der Waals surface area (Å²) in [5, 5.41) is 0. The van der Waals surface area contributed by atoms with Gasteiger partial charge in [0.05, 0.1) is 43.0 Å². The van der Waals surface area contributed by atoms with Crippen molar-refractivity contribution in [1.82, 2.24) is 14.0 Å². The van der Waals surface area contributed by atoms with E-state index >= 15 is 0 Å². The van der Waals surface area contributed by atoms with Gasteiger partial charge in [-0.25, -0.2) is 4.98 Å². The van der Waals surface area contributed by atoms with Crippen molar-refractivity contribution in [2.45, 2.75) is 6.54 Å². The van der Waals surface area contributed by atoms with Gasteiger partial charge in [-0.1, -0.05) is 42.5 Å². The molecule has 1 N–H and O–H groups in total. The molecule has 5 heteroatoms. The Morgan fingerprint density at radius 2 is 1.73 bits per heavy atom. The Kier molecular flexibility index (Phi) is 3.96. The van der Waals surface area contributed by atoms with Gasteiger partial charge in [0.15, 0.2) is 0 Å². The maximum absolute atomic E-state index is 5.50. The maximum atomic E-state index is 5.50. The van der Waals surface area contributed by atoms with E-state index in [0.717, 1.165) is 56.2 Å². The highest BCUT2D eigenvalue weighted by atomic mass is 16.5. The fourth-order valence-corrected chi connectivity index (χ4v) is 3.89. The lowest BCUT2D eigenvalue weighted by Crippen LogP contribution is -3.14. The van der Waals surface area contributed by atoms with Crippen molar-refractivity contribution in [2.75, 3.05) is 32.8 Å². The third-order valence-electron chi connectivity index (χ3n) is 5.32. The molecule has 3 heterocycles. The van der Waals surface area contributed by atoms with Crippen LogP contribution in [0.1, 0.15) is 0 Å². The number of hydrogen-bond acceptors (Lipinski definition) is 2. The molecule has 5 rings (SSSR count). The van der Waals surface area contributed by atoms with E-state index in [2.05, 4.69) is 69.8 Å². The molecular formula is C21H23N4O+. The molecule has 1 saturated heterocycles. The Morgan fingerprint density at radius 3 is 2.58 bits per heavy atom. The molecule has 2 aromatic heterocycles. The highest BCUT2D eigenvalue weighted by Crippen LogP contribution is 2.26. The summed E-state index contributed by atoms with van der Waals surface area (Å²) in [6.07, 6.45) is 2.23. The number of nitrogens with one attached hydrogen (secondary N) is 1. The van der Waals surface area contributed by atoms with Crippen LogP contribution < -0.4 is 4.90 Å². The number of aromatic nitrogens is 3. The minimum Gasteiger partial charge on any atom is -0.370 e. The van der Waals surface area contributed by atoms with Crippen LogP contribution in [0, 0.1) is 0 Å². The van der Waals surface area contributed by atoms with Gasteiger partial charge in [-0.15, -0.1) is 0 Å². The van der Waals surface area contributed by atoms with Gasteiger partial charge in [-0.3, -0.25) is 4.40 Å². The Hall–Kier alpha value is -2.63. The smallest absolute Gasteiger partial charge is 0.215 e. The molecule has 26 heavy (non-hydrogen) atoms. The molecule has 0 amide bonds. The second-order valence-electron chi connectivity index (χ2n) is 6.91. The average molecular weight is 347 g/mol. The minimum absolute atomic E-state index is 0.870. The molecule has 1 fully saturated rings. The number of ether oxygens (including phenoxy) is 1. The van der Waals surface area contributed by atoms with Crippen molar-refractivity contribution in [2.24, 2.45) is 0 Å². The van der Waals surface area contributed by atoms with Crippen molar-refractivity contribution < 1.29 is 9.64 Å². The topological polar surface area (TPSA) is 35.9 Å². The zero-order valence-electron chi connectivity index (χ0n) is 14.8. The van der Waals surface area contributed by atoms with Crippen molar-refractivity contribution >= 4 is 16.8 Å². The maximum Gasteiger partial charge on any atom is 0.215 e. The lowest BCUT2D eigenvalue weighted by molar-refractivity contribution is -0.908. The number of quaternary nitrogens is 1. The SMILES string of the molecule is c1ccc(-c2cn3c4ccccc4nc3n2CC[NH+]2CCOCC2)cc1. The standard InChI is InChI=1S/C21H22N4O/c1-2-6-17(7-3-1)20-16-25-19-9-5-4-8-18(19)22-21(25)24(20)11-10-23-12-14-26-15-13-23/h1-9,16H,10-15H2/p+1. The molecule has 0 spiro atoms. The molecule has 132 valence electrons. The van der Waals surface area contributed by atoms with Gasteiger partial charge in [0.2, 0.25) is 5.78 Å². The van der Waals surface area contributed by atoms with Crippen LogP contribution >= 0.6 is 0 Å². The second kappa shape index (κ2) is 6.59. The van der Waals surface area contributed by atoms with E-state index in [4.69, 9.17) is 9.72 Å². The van der Waals surface area contributed by atoms with Crippen LogP contribution in [0.2, 0.25) is 0 Å². The first-order valence-corrected chi connectivity index (χ1v) is 9.33. The number of para-hydroxylation sites is 2. The zero-order chi connectivity index (χ0) is 17.3. The summed E-state index contributed by atoms with van der Waals surface area (Å²) in [7, 11) is 0. The Bertz CT molecular complexity index is 1030. The van der Waals surface area contributed by atoms with Crippen LogP contribution in [0.15, 0.2) is 60.8 Å². The van der Waals surface area contributed by atoms with E-state index in [1.165, 1.54) is 11.3 Å². The molecule has 1 aliphatic heterocycles. The van der Waals surface area contributed by atoms with E-state index in [1.54, 1.807) is 4.90 Å². The Balaban J connectivity index is 1.59. The van der Waals surface area contributed by atoms with Crippen LogP contribution in [-0.4, -0.2) is 46.8 Å². The molecule has 1 aliphatic rings. The minimum atomic E-state index is 0.870. The summed E-state index contributed by atoms with van der Waals surface area (Å²) in [5.74, 6) is 1.03. The number of nitrogens with zero attached hydrogens (tertiary/aromatic N) is 3. The highest BCUT2D eigenvalue weighted by molar-refractivity contribution is 5.81. The molecule has 0 atom stereocenters. The van der Waals surface area contributed by atoms with E-state index in [-0.39, 0.29) is 0 Å². The predicted octanol–water partition coefficient (Wildman–Crippen LogP) is 1.87. The van der Waals surface area contributed by atoms with Gasteiger partial charge in [0, 0.05) is 6.20 Å². The van der Waals surface area contributed by atoms with Gasteiger partial charge in [0.25, 0.3) is 0 Å². The molecular weight excluding hydrogens is 324 g/mol. The van der Waals surface area contributed by atoms with Gasteiger partial charge in [0.1, 0.15) is 13.1 Å². The van der Waals surface area contributed by atoms with E-state index in [9.17, 15) is 0 Å².